The maximum Gasteiger partial charge on any atom is 0.244 e. The second-order valence-electron chi connectivity index (χ2n) is 6.68. The first-order valence-electron chi connectivity index (χ1n) is 8.94. The van der Waals surface area contributed by atoms with Crippen molar-refractivity contribution in [3.05, 3.63) is 52.8 Å². The molecule has 7 nitrogen and oxygen atoms in total. The first kappa shape index (κ1) is 22.2. The first-order valence-corrected chi connectivity index (χ1v) is 9.32. The SMILES string of the molecule is CNC(C(=O)N1CCN(C(=O)Cc2ccc(Cl)cc2)CC1)c1cnn(C)c1.Cl. The molecular formula is C19H25Cl2N5O2. The summed E-state index contributed by atoms with van der Waals surface area (Å²) in [7, 11) is 3.59. The molecule has 1 unspecified atom stereocenters. The van der Waals surface area contributed by atoms with Crippen LogP contribution in [0.1, 0.15) is 17.2 Å². The Bertz CT molecular complexity index is 801. The summed E-state index contributed by atoms with van der Waals surface area (Å²) >= 11 is 5.88. The van der Waals surface area contributed by atoms with Gasteiger partial charge in [-0.1, -0.05) is 23.7 Å². The van der Waals surface area contributed by atoms with Crippen molar-refractivity contribution in [3.63, 3.8) is 0 Å². The van der Waals surface area contributed by atoms with Gasteiger partial charge in [0.1, 0.15) is 6.04 Å². The second-order valence-corrected chi connectivity index (χ2v) is 7.11. The van der Waals surface area contributed by atoms with Crippen LogP contribution in [0.5, 0.6) is 0 Å². The van der Waals surface area contributed by atoms with Crippen molar-refractivity contribution in [1.82, 2.24) is 24.9 Å². The van der Waals surface area contributed by atoms with Gasteiger partial charge < -0.3 is 15.1 Å². The Morgan fingerprint density at radius 2 is 1.75 bits per heavy atom. The number of nitrogens with one attached hydrogen (secondary N) is 1. The molecule has 0 saturated carbocycles. The fourth-order valence-corrected chi connectivity index (χ4v) is 3.40. The summed E-state index contributed by atoms with van der Waals surface area (Å²) in [6, 6.07) is 6.89. The zero-order chi connectivity index (χ0) is 19.4. The normalized spacial score (nSPS) is 15.1. The molecule has 1 aliphatic heterocycles. The maximum absolute atomic E-state index is 12.8. The van der Waals surface area contributed by atoms with Crippen LogP contribution >= 0.6 is 24.0 Å². The van der Waals surface area contributed by atoms with Gasteiger partial charge in [0, 0.05) is 50.0 Å². The Labute approximate surface area is 176 Å². The third-order valence-corrected chi connectivity index (χ3v) is 5.06. The Morgan fingerprint density at radius 1 is 1.14 bits per heavy atom. The number of halogens is 2. The monoisotopic (exact) mass is 425 g/mol. The predicted octanol–water partition coefficient (Wildman–Crippen LogP) is 1.67. The molecule has 1 aliphatic rings. The summed E-state index contributed by atoms with van der Waals surface area (Å²) in [5.74, 6) is 0.0807. The lowest BCUT2D eigenvalue weighted by Crippen LogP contribution is -2.53. The molecule has 1 N–H and O–H groups in total. The van der Waals surface area contributed by atoms with Gasteiger partial charge in [0.05, 0.1) is 12.6 Å². The van der Waals surface area contributed by atoms with E-state index in [-0.39, 0.29) is 24.2 Å². The molecule has 0 bridgehead atoms. The zero-order valence-electron chi connectivity index (χ0n) is 16.0. The summed E-state index contributed by atoms with van der Waals surface area (Å²) in [6.07, 6.45) is 3.88. The van der Waals surface area contributed by atoms with Gasteiger partial charge in [-0.2, -0.15) is 5.10 Å². The minimum atomic E-state index is -0.421. The first-order chi connectivity index (χ1) is 13.0. The molecular weight excluding hydrogens is 401 g/mol. The van der Waals surface area contributed by atoms with Crippen LogP contribution < -0.4 is 5.32 Å². The number of carbonyl (C=O) groups is 2. The fraction of sp³-hybridized carbons (Fsp3) is 0.421. The van der Waals surface area contributed by atoms with E-state index in [0.29, 0.717) is 37.6 Å². The molecule has 1 aromatic heterocycles. The molecule has 2 aromatic rings. The van der Waals surface area contributed by atoms with Crippen LogP contribution in [-0.4, -0.2) is 64.6 Å². The highest BCUT2D eigenvalue weighted by atomic mass is 35.5. The van der Waals surface area contributed by atoms with Crippen LogP contribution in [0.15, 0.2) is 36.7 Å². The van der Waals surface area contributed by atoms with Crippen molar-refractivity contribution in [1.29, 1.82) is 0 Å². The van der Waals surface area contributed by atoms with Crippen LogP contribution in [0.25, 0.3) is 0 Å². The Morgan fingerprint density at radius 3 is 2.29 bits per heavy atom. The number of aromatic nitrogens is 2. The van der Waals surface area contributed by atoms with E-state index < -0.39 is 6.04 Å². The molecule has 2 amide bonds. The minimum Gasteiger partial charge on any atom is -0.339 e. The van der Waals surface area contributed by atoms with Gasteiger partial charge >= 0.3 is 0 Å². The summed E-state index contributed by atoms with van der Waals surface area (Å²) in [5.41, 5.74) is 1.78. The molecule has 1 fully saturated rings. The highest BCUT2D eigenvalue weighted by Crippen LogP contribution is 2.17. The van der Waals surface area contributed by atoms with Gasteiger partial charge in [-0.05, 0) is 24.7 Å². The fourth-order valence-electron chi connectivity index (χ4n) is 3.27. The predicted molar refractivity (Wildman–Crippen MR) is 111 cm³/mol. The lowest BCUT2D eigenvalue weighted by molar-refractivity contribution is -0.140. The standard InChI is InChI=1S/C19H24ClN5O2.ClH/c1-21-18(15-12-22-23(2)13-15)19(27)25-9-7-24(8-10-25)17(26)11-14-3-5-16(20)6-4-14;/h3-6,12-13,18,21H,7-11H2,1-2H3;1H. The van der Waals surface area contributed by atoms with Gasteiger partial charge in [0.2, 0.25) is 11.8 Å². The highest BCUT2D eigenvalue weighted by Gasteiger charge is 2.29. The molecule has 1 atom stereocenters. The van der Waals surface area contributed by atoms with Gasteiger partial charge in [-0.25, -0.2) is 0 Å². The van der Waals surface area contributed by atoms with Crippen molar-refractivity contribution in [2.75, 3.05) is 33.2 Å². The van der Waals surface area contributed by atoms with E-state index in [1.54, 1.807) is 35.0 Å². The van der Waals surface area contributed by atoms with Gasteiger partial charge in [-0.15, -0.1) is 12.4 Å². The van der Waals surface area contributed by atoms with E-state index in [0.717, 1.165) is 11.1 Å². The van der Waals surface area contributed by atoms with Crippen LogP contribution in [-0.2, 0) is 23.1 Å². The van der Waals surface area contributed by atoms with Gasteiger partial charge in [0.15, 0.2) is 0 Å². The molecule has 152 valence electrons. The van der Waals surface area contributed by atoms with Crippen molar-refractivity contribution in [3.8, 4) is 0 Å². The van der Waals surface area contributed by atoms with E-state index in [1.165, 1.54) is 0 Å². The highest BCUT2D eigenvalue weighted by molar-refractivity contribution is 6.30. The van der Waals surface area contributed by atoms with Crippen molar-refractivity contribution >= 4 is 35.8 Å². The number of carbonyl (C=O) groups excluding carboxylic acids is 2. The number of hydrogen-bond acceptors (Lipinski definition) is 4. The number of likely N-dealkylation sites (N-methyl/N-ethyl adjacent to an activating group) is 1. The molecule has 2 heterocycles. The zero-order valence-corrected chi connectivity index (χ0v) is 17.5. The van der Waals surface area contributed by atoms with E-state index in [1.807, 2.05) is 30.3 Å². The van der Waals surface area contributed by atoms with Gasteiger partial charge in [-0.3, -0.25) is 14.3 Å². The van der Waals surface area contributed by atoms with Crippen LogP contribution in [0, 0.1) is 0 Å². The number of piperazine rings is 1. The van der Waals surface area contributed by atoms with Crippen LogP contribution in [0.3, 0.4) is 0 Å². The molecule has 3 rings (SSSR count). The van der Waals surface area contributed by atoms with E-state index >= 15 is 0 Å². The quantitative estimate of drug-likeness (QED) is 0.790. The Balaban J connectivity index is 0.00000280. The average Bonchev–Trinajstić information content (AvgIpc) is 3.10. The van der Waals surface area contributed by atoms with Crippen LogP contribution in [0.4, 0.5) is 0 Å². The molecule has 1 aromatic carbocycles. The smallest absolute Gasteiger partial charge is 0.244 e. The number of hydrogen-bond donors (Lipinski definition) is 1. The second kappa shape index (κ2) is 9.91. The van der Waals surface area contributed by atoms with E-state index in [2.05, 4.69) is 10.4 Å². The number of nitrogens with zero attached hydrogens (tertiary/aromatic N) is 4. The summed E-state index contributed by atoms with van der Waals surface area (Å²) in [5, 5.41) is 7.86. The third-order valence-electron chi connectivity index (χ3n) is 4.81. The van der Waals surface area contributed by atoms with Crippen molar-refractivity contribution < 1.29 is 9.59 Å². The summed E-state index contributed by atoms with van der Waals surface area (Å²) in [6.45, 7) is 2.15. The molecule has 1 saturated heterocycles. The molecule has 0 spiro atoms. The van der Waals surface area contributed by atoms with E-state index in [4.69, 9.17) is 11.6 Å². The largest absolute Gasteiger partial charge is 0.339 e. The number of rotatable bonds is 5. The summed E-state index contributed by atoms with van der Waals surface area (Å²) in [4.78, 5) is 29.0. The van der Waals surface area contributed by atoms with Crippen molar-refractivity contribution in [2.24, 2.45) is 7.05 Å². The third kappa shape index (κ3) is 5.25. The molecule has 0 aliphatic carbocycles. The van der Waals surface area contributed by atoms with Crippen molar-refractivity contribution in [2.45, 2.75) is 12.5 Å². The number of benzene rings is 1. The maximum atomic E-state index is 12.8. The lowest BCUT2D eigenvalue weighted by Gasteiger charge is -2.36. The Kier molecular flexibility index (Phi) is 7.86. The van der Waals surface area contributed by atoms with Gasteiger partial charge in [0.25, 0.3) is 0 Å². The molecule has 9 heteroatoms. The van der Waals surface area contributed by atoms with Crippen LogP contribution in [0.2, 0.25) is 5.02 Å². The number of amides is 2. The topological polar surface area (TPSA) is 70.5 Å². The number of aryl methyl sites for hydroxylation is 1. The molecule has 28 heavy (non-hydrogen) atoms. The van der Waals surface area contributed by atoms with E-state index in [9.17, 15) is 9.59 Å². The molecule has 0 radical (unpaired) electrons. The lowest BCUT2D eigenvalue weighted by atomic mass is 10.1. The Hall–Kier alpha value is -2.09. The summed E-state index contributed by atoms with van der Waals surface area (Å²) < 4.78 is 1.68. The minimum absolute atomic E-state index is 0. The average molecular weight is 426 g/mol.